The maximum absolute atomic E-state index is 2.52. The van der Waals surface area contributed by atoms with Gasteiger partial charge < -0.3 is 4.90 Å². The normalized spacial score (nSPS) is 19.0. The lowest BCUT2D eigenvalue weighted by Gasteiger charge is -2.24. The molecule has 0 aromatic carbocycles. The number of rotatable bonds is 29. The highest BCUT2D eigenvalue weighted by atomic mass is 15.1. The highest BCUT2D eigenvalue weighted by Gasteiger charge is 2.35. The smallest absolute Gasteiger partial charge is 0.00891 e. The molecule has 1 saturated carbocycles. The van der Waals surface area contributed by atoms with E-state index in [1.807, 2.05) is 0 Å². The van der Waals surface area contributed by atoms with Crippen LogP contribution >= 0.6 is 0 Å². The van der Waals surface area contributed by atoms with Crippen LogP contribution in [0.1, 0.15) is 194 Å². The second kappa shape index (κ2) is 25.0. The maximum atomic E-state index is 2.52. The van der Waals surface area contributed by atoms with Crippen molar-refractivity contribution in [2.45, 2.75) is 200 Å². The van der Waals surface area contributed by atoms with Crippen molar-refractivity contribution in [2.75, 3.05) is 14.1 Å². The molecule has 0 N–H and O–H groups in total. The van der Waals surface area contributed by atoms with Crippen molar-refractivity contribution in [3.8, 4) is 0 Å². The van der Waals surface area contributed by atoms with E-state index in [-0.39, 0.29) is 0 Å². The molecule has 3 unspecified atom stereocenters. The van der Waals surface area contributed by atoms with Gasteiger partial charge in [-0.15, -0.1) is 0 Å². The lowest BCUT2D eigenvalue weighted by molar-refractivity contribution is 0.251. The second-order valence-electron chi connectivity index (χ2n) is 13.6. The Labute approximate surface area is 236 Å². The Bertz CT molecular complexity index is 458. The number of hydrogen-bond acceptors (Lipinski definition) is 1. The Hall–Kier alpha value is -0.0400. The molecule has 0 heterocycles. The van der Waals surface area contributed by atoms with Gasteiger partial charge in [0.2, 0.25) is 0 Å². The van der Waals surface area contributed by atoms with Crippen molar-refractivity contribution in [1.82, 2.24) is 4.90 Å². The van der Waals surface area contributed by atoms with Gasteiger partial charge in [0.05, 0.1) is 0 Å². The minimum Gasteiger partial charge on any atom is -0.306 e. The summed E-state index contributed by atoms with van der Waals surface area (Å²) in [7, 11) is 4.60. The topological polar surface area (TPSA) is 3.24 Å². The van der Waals surface area contributed by atoms with Crippen LogP contribution in [0.5, 0.6) is 0 Å². The van der Waals surface area contributed by atoms with Crippen LogP contribution in [0.2, 0.25) is 0 Å². The van der Waals surface area contributed by atoms with E-state index in [1.54, 1.807) is 19.3 Å². The van der Waals surface area contributed by atoms with Crippen LogP contribution in [-0.4, -0.2) is 25.0 Å². The van der Waals surface area contributed by atoms with Gasteiger partial charge in [0, 0.05) is 6.04 Å². The van der Waals surface area contributed by atoms with E-state index < -0.39 is 0 Å². The first kappa shape index (κ1) is 35.0. The third kappa shape index (κ3) is 21.5. The first-order valence-corrected chi connectivity index (χ1v) is 17.7. The molecular formula is C36H73N. The molecule has 222 valence electrons. The standard InChI is InChI=1S/C36H73N/c1-6-8-10-12-14-16-24-30-36(37(4)5)31-25-18-17-20-26-33(3)27-21-19-23-29-35-32-34(35)28-22-15-13-11-9-7-2/h33-36H,6-32H2,1-5H3/t33-,34?,35?,36?/m1/s1. The Morgan fingerprint density at radius 1 is 0.486 bits per heavy atom. The summed E-state index contributed by atoms with van der Waals surface area (Å²) >= 11 is 0. The van der Waals surface area contributed by atoms with Crippen LogP contribution in [0.4, 0.5) is 0 Å². The fourth-order valence-electron chi connectivity index (χ4n) is 6.65. The van der Waals surface area contributed by atoms with Crippen molar-refractivity contribution in [2.24, 2.45) is 17.8 Å². The Balaban J connectivity index is 1.87. The zero-order valence-electron chi connectivity index (χ0n) is 26.8. The molecule has 0 radical (unpaired) electrons. The molecule has 1 fully saturated rings. The lowest BCUT2D eigenvalue weighted by atomic mass is 9.95. The quantitative estimate of drug-likeness (QED) is 0.0888. The number of unbranched alkanes of at least 4 members (excludes halogenated alkanes) is 16. The molecule has 0 amide bonds. The molecule has 1 heteroatoms. The molecule has 1 nitrogen and oxygen atoms in total. The summed E-state index contributed by atoms with van der Waals surface area (Å²) in [6.07, 6.45) is 39.6. The van der Waals surface area contributed by atoms with Crippen LogP contribution in [-0.2, 0) is 0 Å². The van der Waals surface area contributed by atoms with Gasteiger partial charge in [-0.2, -0.15) is 0 Å². The van der Waals surface area contributed by atoms with Crippen molar-refractivity contribution >= 4 is 0 Å². The van der Waals surface area contributed by atoms with Gasteiger partial charge in [0.25, 0.3) is 0 Å². The third-order valence-corrected chi connectivity index (χ3v) is 9.62. The zero-order valence-corrected chi connectivity index (χ0v) is 26.8. The zero-order chi connectivity index (χ0) is 27.0. The molecule has 1 aliphatic carbocycles. The maximum Gasteiger partial charge on any atom is 0.00891 e. The fraction of sp³-hybridized carbons (Fsp3) is 1.00. The van der Waals surface area contributed by atoms with Crippen LogP contribution < -0.4 is 0 Å². The summed E-state index contributed by atoms with van der Waals surface area (Å²) in [5, 5.41) is 0. The second-order valence-corrected chi connectivity index (χ2v) is 13.6. The monoisotopic (exact) mass is 520 g/mol. The number of nitrogens with zero attached hydrogens (tertiary/aromatic N) is 1. The molecule has 37 heavy (non-hydrogen) atoms. The third-order valence-electron chi connectivity index (χ3n) is 9.62. The summed E-state index contributed by atoms with van der Waals surface area (Å²) in [6, 6.07) is 0.816. The van der Waals surface area contributed by atoms with Crippen molar-refractivity contribution in [3.05, 3.63) is 0 Å². The molecule has 0 aromatic rings. The first-order valence-electron chi connectivity index (χ1n) is 17.7. The van der Waals surface area contributed by atoms with Crippen molar-refractivity contribution in [3.63, 3.8) is 0 Å². The van der Waals surface area contributed by atoms with E-state index in [0.29, 0.717) is 0 Å². The van der Waals surface area contributed by atoms with E-state index >= 15 is 0 Å². The summed E-state index contributed by atoms with van der Waals surface area (Å²) in [6.45, 7) is 7.14. The minimum atomic E-state index is 0.816. The van der Waals surface area contributed by atoms with E-state index in [0.717, 1.165) is 23.8 Å². The van der Waals surface area contributed by atoms with Gasteiger partial charge in [0.15, 0.2) is 0 Å². The molecule has 0 saturated heterocycles. The highest BCUT2D eigenvalue weighted by Crippen LogP contribution is 2.45. The highest BCUT2D eigenvalue weighted by molar-refractivity contribution is 4.85. The van der Waals surface area contributed by atoms with Gasteiger partial charge in [-0.05, 0) is 51.1 Å². The Morgan fingerprint density at radius 3 is 1.27 bits per heavy atom. The van der Waals surface area contributed by atoms with Gasteiger partial charge in [-0.1, -0.05) is 175 Å². The predicted molar refractivity (Wildman–Crippen MR) is 170 cm³/mol. The van der Waals surface area contributed by atoms with Gasteiger partial charge >= 0.3 is 0 Å². The average molecular weight is 520 g/mol. The first-order chi connectivity index (χ1) is 18.1. The molecule has 1 aliphatic rings. The van der Waals surface area contributed by atoms with Gasteiger partial charge in [-0.25, -0.2) is 0 Å². The van der Waals surface area contributed by atoms with E-state index in [1.165, 1.54) is 154 Å². The predicted octanol–water partition coefficient (Wildman–Crippen LogP) is 12.4. The number of hydrogen-bond donors (Lipinski definition) is 0. The van der Waals surface area contributed by atoms with Crippen molar-refractivity contribution < 1.29 is 0 Å². The molecule has 0 spiro atoms. The summed E-state index contributed by atoms with van der Waals surface area (Å²) < 4.78 is 0. The van der Waals surface area contributed by atoms with Crippen molar-refractivity contribution in [1.29, 1.82) is 0 Å². The van der Waals surface area contributed by atoms with Crippen LogP contribution in [0.3, 0.4) is 0 Å². The largest absolute Gasteiger partial charge is 0.306 e. The SMILES string of the molecule is CCCCCCCCCC(CCCCCC[C@@H](C)CCCCCC1CC1CCCCCCCC)N(C)C. The molecule has 0 aromatic heterocycles. The fourth-order valence-corrected chi connectivity index (χ4v) is 6.65. The average Bonchev–Trinajstić information content (AvgIpc) is 3.63. The van der Waals surface area contributed by atoms with Gasteiger partial charge in [-0.3, -0.25) is 0 Å². The molecular weight excluding hydrogens is 446 g/mol. The van der Waals surface area contributed by atoms with Gasteiger partial charge in [0.1, 0.15) is 0 Å². The molecule has 0 bridgehead atoms. The van der Waals surface area contributed by atoms with Crippen LogP contribution in [0.25, 0.3) is 0 Å². The summed E-state index contributed by atoms with van der Waals surface area (Å²) in [5.41, 5.74) is 0. The lowest BCUT2D eigenvalue weighted by Crippen LogP contribution is -2.27. The molecule has 1 rings (SSSR count). The summed E-state index contributed by atoms with van der Waals surface area (Å²) in [5.74, 6) is 3.20. The van der Waals surface area contributed by atoms with E-state index in [9.17, 15) is 0 Å². The molecule has 4 atom stereocenters. The van der Waals surface area contributed by atoms with E-state index in [2.05, 4.69) is 39.8 Å². The Kier molecular flexibility index (Phi) is 23.6. The van der Waals surface area contributed by atoms with Crippen LogP contribution in [0.15, 0.2) is 0 Å². The minimum absolute atomic E-state index is 0.816. The summed E-state index contributed by atoms with van der Waals surface area (Å²) in [4.78, 5) is 2.50. The Morgan fingerprint density at radius 2 is 0.838 bits per heavy atom. The van der Waals surface area contributed by atoms with Crippen LogP contribution in [0, 0.1) is 17.8 Å². The van der Waals surface area contributed by atoms with E-state index in [4.69, 9.17) is 0 Å². The molecule has 0 aliphatic heterocycles.